The molecule has 2 aromatic heterocycles. The molecule has 3 aromatic rings. The quantitative estimate of drug-likeness (QED) is 0.744. The number of benzene rings is 1. The second-order valence-electron chi connectivity index (χ2n) is 7.77. The number of nitrogens with zero attached hydrogens (tertiary/aromatic N) is 3. The lowest BCUT2D eigenvalue weighted by Gasteiger charge is -2.25. The predicted octanol–water partition coefficient (Wildman–Crippen LogP) is 4.25. The van der Waals surface area contributed by atoms with Gasteiger partial charge in [0.2, 0.25) is 0 Å². The van der Waals surface area contributed by atoms with Crippen LogP contribution in [0, 0.1) is 0 Å². The van der Waals surface area contributed by atoms with Crippen LogP contribution in [0.3, 0.4) is 0 Å². The van der Waals surface area contributed by atoms with Gasteiger partial charge in [-0.1, -0.05) is 18.6 Å². The van der Waals surface area contributed by atoms with E-state index in [2.05, 4.69) is 20.9 Å². The van der Waals surface area contributed by atoms with Gasteiger partial charge in [0.05, 0.1) is 17.9 Å². The van der Waals surface area contributed by atoms with E-state index in [0.29, 0.717) is 6.42 Å². The SMILES string of the molecule is O=C1CCc2cc(-c3nc(CN4CCCCC4)[nH]c3-c3ccncc3)ccc21. The molecule has 1 aromatic carbocycles. The minimum absolute atomic E-state index is 0.253. The summed E-state index contributed by atoms with van der Waals surface area (Å²) in [6.45, 7) is 3.13. The highest BCUT2D eigenvalue weighted by atomic mass is 16.1. The average Bonchev–Trinajstić information content (AvgIpc) is 3.33. The Hall–Kier alpha value is -2.79. The van der Waals surface area contributed by atoms with Gasteiger partial charge in [0, 0.05) is 35.5 Å². The summed E-state index contributed by atoms with van der Waals surface area (Å²) in [4.78, 5) is 27.2. The van der Waals surface area contributed by atoms with E-state index in [-0.39, 0.29) is 5.78 Å². The number of aryl methyl sites for hydroxylation is 1. The molecule has 0 atom stereocenters. The van der Waals surface area contributed by atoms with Crippen molar-refractivity contribution in [3.8, 4) is 22.5 Å². The summed E-state index contributed by atoms with van der Waals surface area (Å²) < 4.78 is 0. The van der Waals surface area contributed by atoms with Crippen LogP contribution in [0.25, 0.3) is 22.5 Å². The topological polar surface area (TPSA) is 61.9 Å². The first-order valence-corrected chi connectivity index (χ1v) is 10.2. The number of hydrogen-bond donors (Lipinski definition) is 1. The first-order valence-electron chi connectivity index (χ1n) is 10.2. The van der Waals surface area contributed by atoms with Crippen LogP contribution >= 0.6 is 0 Å². The number of fused-ring (bicyclic) bond motifs is 1. The number of aromatic nitrogens is 3. The second-order valence-corrected chi connectivity index (χ2v) is 7.77. The van der Waals surface area contributed by atoms with Gasteiger partial charge >= 0.3 is 0 Å². The molecule has 1 N–H and O–H groups in total. The van der Waals surface area contributed by atoms with Crippen molar-refractivity contribution in [1.82, 2.24) is 19.9 Å². The lowest BCUT2D eigenvalue weighted by atomic mass is 10.0. The highest BCUT2D eigenvalue weighted by molar-refractivity contribution is 6.01. The average molecular weight is 372 g/mol. The molecule has 5 rings (SSSR count). The molecule has 0 spiro atoms. The van der Waals surface area contributed by atoms with E-state index in [4.69, 9.17) is 4.98 Å². The minimum Gasteiger partial charge on any atom is -0.340 e. The second kappa shape index (κ2) is 7.32. The van der Waals surface area contributed by atoms with Gasteiger partial charge in [-0.15, -0.1) is 0 Å². The Labute approximate surface area is 164 Å². The summed E-state index contributed by atoms with van der Waals surface area (Å²) in [6, 6.07) is 10.2. The summed E-state index contributed by atoms with van der Waals surface area (Å²) >= 11 is 0. The predicted molar refractivity (Wildman–Crippen MR) is 109 cm³/mol. The third-order valence-electron chi connectivity index (χ3n) is 5.84. The normalized spacial score (nSPS) is 17.1. The van der Waals surface area contributed by atoms with Crippen LogP contribution in [-0.4, -0.2) is 38.7 Å². The zero-order chi connectivity index (χ0) is 18.9. The fourth-order valence-corrected chi connectivity index (χ4v) is 4.37. The Bertz CT molecular complexity index is 1000. The summed E-state index contributed by atoms with van der Waals surface area (Å²) in [6.07, 6.45) is 8.94. The Kier molecular flexibility index (Phi) is 4.53. The summed E-state index contributed by atoms with van der Waals surface area (Å²) in [5.74, 6) is 1.25. The van der Waals surface area contributed by atoms with Gasteiger partial charge in [0.1, 0.15) is 5.82 Å². The maximum absolute atomic E-state index is 12.0. The van der Waals surface area contributed by atoms with Gasteiger partial charge in [0.15, 0.2) is 5.78 Å². The van der Waals surface area contributed by atoms with Gasteiger partial charge in [-0.05, 0) is 56.1 Å². The summed E-state index contributed by atoms with van der Waals surface area (Å²) in [5, 5.41) is 0. The van der Waals surface area contributed by atoms with Crippen LogP contribution in [0.4, 0.5) is 0 Å². The van der Waals surface area contributed by atoms with Crippen molar-refractivity contribution in [2.45, 2.75) is 38.6 Å². The highest BCUT2D eigenvalue weighted by Gasteiger charge is 2.22. The Morgan fingerprint density at radius 2 is 1.79 bits per heavy atom. The number of carbonyl (C=O) groups excluding carboxylic acids is 1. The van der Waals surface area contributed by atoms with Crippen LogP contribution in [-0.2, 0) is 13.0 Å². The molecule has 3 heterocycles. The number of pyridine rings is 1. The molecule has 2 aliphatic rings. The van der Waals surface area contributed by atoms with Crippen molar-refractivity contribution >= 4 is 5.78 Å². The van der Waals surface area contributed by atoms with Crippen molar-refractivity contribution in [2.24, 2.45) is 0 Å². The smallest absolute Gasteiger partial charge is 0.163 e. The van der Waals surface area contributed by atoms with Crippen LogP contribution in [0.1, 0.15) is 47.4 Å². The number of imidazole rings is 1. The first kappa shape index (κ1) is 17.3. The monoisotopic (exact) mass is 372 g/mol. The molecule has 5 nitrogen and oxygen atoms in total. The molecular formula is C23H24N4O. The number of ketones is 1. The van der Waals surface area contributed by atoms with Crippen molar-refractivity contribution in [2.75, 3.05) is 13.1 Å². The number of likely N-dealkylation sites (tertiary alicyclic amines) is 1. The number of H-pyrrole nitrogens is 1. The maximum Gasteiger partial charge on any atom is 0.163 e. The van der Waals surface area contributed by atoms with E-state index in [1.165, 1.54) is 19.3 Å². The van der Waals surface area contributed by atoms with Crippen LogP contribution in [0.2, 0.25) is 0 Å². The number of hydrogen-bond acceptors (Lipinski definition) is 4. The van der Waals surface area contributed by atoms with Gasteiger partial charge < -0.3 is 4.98 Å². The third-order valence-corrected chi connectivity index (χ3v) is 5.84. The van der Waals surface area contributed by atoms with Crippen LogP contribution < -0.4 is 0 Å². The van der Waals surface area contributed by atoms with E-state index in [0.717, 1.165) is 65.5 Å². The molecule has 1 saturated heterocycles. The molecule has 0 bridgehead atoms. The van der Waals surface area contributed by atoms with E-state index in [1.807, 2.05) is 36.7 Å². The van der Waals surface area contributed by atoms with Crippen LogP contribution in [0.15, 0.2) is 42.7 Å². The van der Waals surface area contributed by atoms with Crippen LogP contribution in [0.5, 0.6) is 0 Å². The standard InChI is InChI=1S/C23H24N4O/c28-20-7-5-17-14-18(4-6-19(17)20)23-22(16-8-10-24-11-9-16)25-21(26-23)15-27-12-2-1-3-13-27/h4,6,8-11,14H,1-3,5,7,12-13,15H2,(H,25,26). The Balaban J connectivity index is 1.54. The number of nitrogens with one attached hydrogen (secondary N) is 1. The van der Waals surface area contributed by atoms with Crippen molar-refractivity contribution in [3.05, 3.63) is 59.7 Å². The summed E-state index contributed by atoms with van der Waals surface area (Å²) in [5.41, 5.74) is 6.15. The zero-order valence-electron chi connectivity index (χ0n) is 15.9. The Morgan fingerprint density at radius 1 is 0.964 bits per heavy atom. The molecule has 0 amide bonds. The number of rotatable bonds is 4. The molecule has 1 aliphatic heterocycles. The molecule has 1 aliphatic carbocycles. The van der Waals surface area contributed by atoms with E-state index in [1.54, 1.807) is 0 Å². The fraction of sp³-hybridized carbons (Fsp3) is 0.348. The number of piperidine rings is 1. The third kappa shape index (κ3) is 3.27. The first-order chi connectivity index (χ1) is 13.8. The molecule has 5 heteroatoms. The molecule has 28 heavy (non-hydrogen) atoms. The minimum atomic E-state index is 0.253. The highest BCUT2D eigenvalue weighted by Crippen LogP contribution is 2.33. The van der Waals surface area contributed by atoms with E-state index < -0.39 is 0 Å². The van der Waals surface area contributed by atoms with Gasteiger partial charge in [0.25, 0.3) is 0 Å². The maximum atomic E-state index is 12.0. The van der Waals surface area contributed by atoms with Gasteiger partial charge in [-0.3, -0.25) is 14.7 Å². The fourth-order valence-electron chi connectivity index (χ4n) is 4.37. The number of aromatic amines is 1. The molecule has 142 valence electrons. The molecule has 0 saturated carbocycles. The Morgan fingerprint density at radius 3 is 2.61 bits per heavy atom. The molecule has 0 unspecified atom stereocenters. The van der Waals surface area contributed by atoms with Crippen molar-refractivity contribution < 1.29 is 4.79 Å². The molecule has 0 radical (unpaired) electrons. The largest absolute Gasteiger partial charge is 0.340 e. The molecular weight excluding hydrogens is 348 g/mol. The number of carbonyl (C=O) groups is 1. The molecule has 1 fully saturated rings. The van der Waals surface area contributed by atoms with Gasteiger partial charge in [-0.25, -0.2) is 4.98 Å². The zero-order valence-corrected chi connectivity index (χ0v) is 15.9. The lowest BCUT2D eigenvalue weighted by molar-refractivity contribution is 0.0994. The van der Waals surface area contributed by atoms with Gasteiger partial charge in [-0.2, -0.15) is 0 Å². The van der Waals surface area contributed by atoms with Crippen molar-refractivity contribution in [3.63, 3.8) is 0 Å². The van der Waals surface area contributed by atoms with E-state index in [9.17, 15) is 4.79 Å². The van der Waals surface area contributed by atoms with E-state index >= 15 is 0 Å². The summed E-state index contributed by atoms with van der Waals surface area (Å²) in [7, 11) is 0. The number of Topliss-reactive ketones (excluding diaryl/α,β-unsaturated/α-hetero) is 1. The lowest BCUT2D eigenvalue weighted by Crippen LogP contribution is -2.29. The van der Waals surface area contributed by atoms with Crippen molar-refractivity contribution in [1.29, 1.82) is 0 Å².